The first-order valence-corrected chi connectivity index (χ1v) is 12.4. The van der Waals surface area contributed by atoms with Crippen molar-refractivity contribution in [2.75, 3.05) is 20.2 Å². The lowest BCUT2D eigenvalue weighted by Gasteiger charge is -2.39. The summed E-state index contributed by atoms with van der Waals surface area (Å²) in [7, 11) is 1.41. The number of carboxylic acid groups (broad SMARTS) is 1. The van der Waals surface area contributed by atoms with Crippen molar-refractivity contribution in [3.63, 3.8) is 0 Å². The maximum absolute atomic E-state index is 13.2. The lowest BCUT2D eigenvalue weighted by Crippen LogP contribution is -2.50. The molecule has 0 spiro atoms. The van der Waals surface area contributed by atoms with Crippen molar-refractivity contribution < 1.29 is 24.2 Å². The largest absolute Gasteiger partial charge is 0.496 e. The number of rotatable bonds is 8. The average Bonchev–Trinajstić information content (AvgIpc) is 3.23. The Morgan fingerprint density at radius 3 is 2.46 bits per heavy atom. The number of nitrogens with zero attached hydrogens (tertiary/aromatic N) is 2. The number of carboxylic acids is 1. The number of piperidine rings is 1. The second-order valence-electron chi connectivity index (χ2n) is 9.43. The smallest absolute Gasteiger partial charge is 0.339 e. The van der Waals surface area contributed by atoms with Crippen LogP contribution in [0.15, 0.2) is 36.4 Å². The van der Waals surface area contributed by atoms with E-state index >= 15 is 0 Å². The van der Waals surface area contributed by atoms with Gasteiger partial charge in [0.1, 0.15) is 11.3 Å². The van der Waals surface area contributed by atoms with E-state index in [4.69, 9.17) is 16.3 Å². The van der Waals surface area contributed by atoms with Gasteiger partial charge in [0.2, 0.25) is 5.91 Å². The zero-order valence-corrected chi connectivity index (χ0v) is 20.9. The van der Waals surface area contributed by atoms with Gasteiger partial charge in [-0.05, 0) is 61.1 Å². The van der Waals surface area contributed by atoms with E-state index in [1.807, 2.05) is 17.9 Å². The van der Waals surface area contributed by atoms with Crippen LogP contribution in [0.5, 0.6) is 5.75 Å². The number of carbonyl (C=O) groups is 3. The Labute approximate surface area is 210 Å². The Morgan fingerprint density at radius 2 is 1.80 bits per heavy atom. The number of likely N-dealkylation sites (tertiary alicyclic amines) is 2. The van der Waals surface area contributed by atoms with E-state index in [0.29, 0.717) is 18.4 Å². The van der Waals surface area contributed by atoms with Gasteiger partial charge in [-0.2, -0.15) is 0 Å². The van der Waals surface area contributed by atoms with Crippen LogP contribution in [-0.4, -0.2) is 64.8 Å². The quantitative estimate of drug-likeness (QED) is 0.589. The lowest BCUT2D eigenvalue weighted by molar-refractivity contribution is -0.137. The number of benzene rings is 2. The number of aryl methyl sites for hydroxylation is 1. The number of amides is 1. The first kappa shape index (κ1) is 25.2. The predicted octanol–water partition coefficient (Wildman–Crippen LogP) is 4.12. The molecule has 2 aromatic rings. The van der Waals surface area contributed by atoms with Crippen molar-refractivity contribution in [1.29, 1.82) is 0 Å². The second kappa shape index (κ2) is 10.8. The molecule has 0 aromatic heterocycles. The molecule has 2 heterocycles. The van der Waals surface area contributed by atoms with Crippen molar-refractivity contribution in [3.8, 4) is 5.75 Å². The minimum absolute atomic E-state index is 0.0282. The summed E-state index contributed by atoms with van der Waals surface area (Å²) < 4.78 is 5.11. The summed E-state index contributed by atoms with van der Waals surface area (Å²) in [6.45, 7) is 4.56. The van der Waals surface area contributed by atoms with E-state index in [1.165, 1.54) is 18.7 Å². The molecule has 2 saturated heterocycles. The van der Waals surface area contributed by atoms with Gasteiger partial charge in [-0.15, -0.1) is 0 Å². The third-order valence-electron chi connectivity index (χ3n) is 7.08. The van der Waals surface area contributed by atoms with Crippen LogP contribution >= 0.6 is 11.6 Å². The molecule has 186 valence electrons. The summed E-state index contributed by atoms with van der Waals surface area (Å²) in [5, 5.41) is 10.2. The van der Waals surface area contributed by atoms with Crippen molar-refractivity contribution in [2.24, 2.45) is 0 Å². The van der Waals surface area contributed by atoms with Crippen LogP contribution < -0.4 is 4.74 Å². The fraction of sp³-hybridized carbons (Fsp3) is 0.444. The fourth-order valence-electron chi connectivity index (χ4n) is 5.25. The zero-order valence-electron chi connectivity index (χ0n) is 20.1. The van der Waals surface area contributed by atoms with Gasteiger partial charge >= 0.3 is 5.97 Å². The van der Waals surface area contributed by atoms with Crippen molar-refractivity contribution in [1.82, 2.24) is 9.80 Å². The number of methoxy groups -OCH3 is 1. The molecule has 35 heavy (non-hydrogen) atoms. The van der Waals surface area contributed by atoms with Crippen molar-refractivity contribution >= 4 is 29.3 Å². The van der Waals surface area contributed by atoms with E-state index in [2.05, 4.69) is 17.0 Å². The number of Topliss-reactive ketones (excluding diaryl/α,β-unsaturated/α-hetero) is 1. The van der Waals surface area contributed by atoms with Gasteiger partial charge in [0.05, 0.1) is 13.2 Å². The van der Waals surface area contributed by atoms with E-state index in [-0.39, 0.29) is 35.5 Å². The normalized spacial score (nSPS) is 19.2. The Kier molecular flexibility index (Phi) is 7.77. The molecule has 7 nitrogen and oxygen atoms in total. The number of aromatic carboxylic acids is 1. The Morgan fingerprint density at radius 1 is 1.09 bits per heavy atom. The summed E-state index contributed by atoms with van der Waals surface area (Å²) in [5.41, 5.74) is 2.92. The molecule has 0 aliphatic carbocycles. The van der Waals surface area contributed by atoms with E-state index in [0.717, 1.165) is 43.1 Å². The molecule has 1 amide bonds. The lowest BCUT2D eigenvalue weighted by atomic mass is 9.97. The minimum Gasteiger partial charge on any atom is -0.496 e. The first-order valence-electron chi connectivity index (χ1n) is 12.0. The number of halogens is 1. The van der Waals surface area contributed by atoms with E-state index < -0.39 is 12.0 Å². The average molecular weight is 499 g/mol. The molecule has 1 atom stereocenters. The minimum atomic E-state index is -1.10. The Bertz CT molecular complexity index is 1130. The number of hydrogen-bond acceptors (Lipinski definition) is 5. The molecule has 2 aliphatic heterocycles. The molecule has 2 fully saturated rings. The van der Waals surface area contributed by atoms with Crippen LogP contribution in [-0.2, 0) is 22.6 Å². The molecule has 0 saturated carbocycles. The number of ketones is 1. The standard InChI is InChI=1S/C27H31ClN2O5/c1-17-13-19(3-5-22(17)28)16-29-11-9-20(10-12-29)30-23(6-8-26(30)32)24(31)15-18-4-7-25(35-2)21(14-18)27(33)34/h3-5,7,13-14,20,23H,6,8-12,15-16H2,1-2H3,(H,33,34)/t23-/m1/s1. The van der Waals surface area contributed by atoms with E-state index in [1.54, 1.807) is 12.1 Å². The topological polar surface area (TPSA) is 87.2 Å². The van der Waals surface area contributed by atoms with Crippen molar-refractivity contribution in [2.45, 2.75) is 57.7 Å². The second-order valence-corrected chi connectivity index (χ2v) is 9.84. The van der Waals surface area contributed by atoms with Crippen LogP contribution in [0.4, 0.5) is 0 Å². The van der Waals surface area contributed by atoms with Crippen LogP contribution in [0, 0.1) is 6.92 Å². The summed E-state index contributed by atoms with van der Waals surface area (Å²) >= 11 is 6.14. The highest BCUT2D eigenvalue weighted by molar-refractivity contribution is 6.31. The van der Waals surface area contributed by atoms with Gasteiger partial charge < -0.3 is 14.7 Å². The zero-order chi connectivity index (χ0) is 25.1. The van der Waals surface area contributed by atoms with Crippen LogP contribution in [0.1, 0.15) is 52.7 Å². The Hall–Kier alpha value is -2.90. The SMILES string of the molecule is COc1ccc(CC(=O)[C@H]2CCC(=O)N2C2CCN(Cc3ccc(Cl)c(C)c3)CC2)cc1C(=O)O. The highest BCUT2D eigenvalue weighted by atomic mass is 35.5. The summed E-state index contributed by atoms with van der Waals surface area (Å²) in [6.07, 6.45) is 2.64. The number of carbonyl (C=O) groups excluding carboxylic acids is 2. The molecule has 8 heteroatoms. The maximum Gasteiger partial charge on any atom is 0.339 e. The third-order valence-corrected chi connectivity index (χ3v) is 7.50. The highest BCUT2D eigenvalue weighted by Gasteiger charge is 2.40. The monoisotopic (exact) mass is 498 g/mol. The van der Waals surface area contributed by atoms with Gasteiger partial charge in [0.15, 0.2) is 5.78 Å². The molecule has 0 bridgehead atoms. The van der Waals surface area contributed by atoms with Gasteiger partial charge in [0, 0.05) is 43.5 Å². The molecular weight excluding hydrogens is 468 g/mol. The fourth-order valence-corrected chi connectivity index (χ4v) is 5.36. The van der Waals surface area contributed by atoms with Gasteiger partial charge in [0.25, 0.3) is 0 Å². The van der Waals surface area contributed by atoms with Crippen LogP contribution in [0.3, 0.4) is 0 Å². The summed E-state index contributed by atoms with van der Waals surface area (Å²) in [6, 6.07) is 10.5. The van der Waals surface area contributed by atoms with Gasteiger partial charge in [-0.3, -0.25) is 14.5 Å². The Balaban J connectivity index is 1.38. The maximum atomic E-state index is 13.2. The molecule has 0 radical (unpaired) electrons. The van der Waals surface area contributed by atoms with E-state index in [9.17, 15) is 19.5 Å². The highest BCUT2D eigenvalue weighted by Crippen LogP contribution is 2.30. The van der Waals surface area contributed by atoms with Crippen LogP contribution in [0.2, 0.25) is 5.02 Å². The number of ether oxygens (including phenoxy) is 1. The first-order chi connectivity index (χ1) is 16.8. The number of hydrogen-bond donors (Lipinski definition) is 1. The van der Waals surface area contributed by atoms with Crippen molar-refractivity contribution in [3.05, 3.63) is 63.7 Å². The third kappa shape index (κ3) is 5.68. The molecule has 4 rings (SSSR count). The van der Waals surface area contributed by atoms with Crippen LogP contribution in [0.25, 0.3) is 0 Å². The molecule has 0 unspecified atom stereocenters. The predicted molar refractivity (Wildman–Crippen MR) is 133 cm³/mol. The summed E-state index contributed by atoms with van der Waals surface area (Å²) in [4.78, 5) is 41.7. The molecule has 1 N–H and O–H groups in total. The van der Waals surface area contributed by atoms with Gasteiger partial charge in [-0.1, -0.05) is 29.8 Å². The molecule has 2 aromatic carbocycles. The summed E-state index contributed by atoms with van der Waals surface area (Å²) in [5.74, 6) is -0.853. The molecular formula is C27H31ClN2O5. The van der Waals surface area contributed by atoms with Gasteiger partial charge in [-0.25, -0.2) is 4.79 Å². The molecule has 2 aliphatic rings.